The molecule has 0 aliphatic rings. The highest BCUT2D eigenvalue weighted by Gasteiger charge is 2.08. The van der Waals surface area contributed by atoms with E-state index in [1.54, 1.807) is 20.8 Å². The first-order chi connectivity index (χ1) is 19.2. The largest absolute Gasteiger partial charge is 1.00 e. The predicted octanol–water partition coefficient (Wildman–Crippen LogP) is -2.31. The quantitative estimate of drug-likeness (QED) is 0.0773. The van der Waals surface area contributed by atoms with Crippen molar-refractivity contribution in [1.82, 2.24) is 16.0 Å². The molecule has 0 aromatic rings. The SMILES string of the molecule is C=C(C)C(=O)NCCC[N+](C)(C)C.C=C(C)C(=O)NCCC[N+](C)(C)C.C=C(C)C(=O)NCCC[N+](C)(C)C.O=[P+]([O-])[O-].[Cl-]. The van der Waals surface area contributed by atoms with Gasteiger partial charge >= 0.3 is 0 Å². The van der Waals surface area contributed by atoms with Gasteiger partial charge in [-0.2, -0.15) is 0 Å². The fourth-order valence-corrected chi connectivity index (χ4v) is 2.72. The molecule has 14 heteroatoms. The molecule has 0 spiro atoms. The monoisotopic (exact) mass is 669 g/mol. The van der Waals surface area contributed by atoms with Crippen LogP contribution in [0.2, 0.25) is 0 Å². The number of quaternary nitrogens is 3. The maximum atomic E-state index is 11.1. The fourth-order valence-electron chi connectivity index (χ4n) is 2.72. The van der Waals surface area contributed by atoms with Crippen LogP contribution in [-0.2, 0) is 18.9 Å². The molecule has 0 rings (SSSR count). The van der Waals surface area contributed by atoms with E-state index in [4.69, 9.17) is 14.4 Å². The third-order valence-electron chi connectivity index (χ3n) is 5.04. The highest BCUT2D eigenvalue weighted by Crippen LogP contribution is 1.95. The summed E-state index contributed by atoms with van der Waals surface area (Å²) < 4.78 is 11.3. The molecule has 0 aromatic carbocycles. The van der Waals surface area contributed by atoms with Gasteiger partial charge in [-0.1, -0.05) is 24.3 Å². The molecule has 0 fully saturated rings. The molecule has 0 aliphatic heterocycles. The Balaban J connectivity index is -0.000000161. The Bertz CT molecular complexity index is 785. The first-order valence-corrected chi connectivity index (χ1v) is 15.4. The second-order valence-electron chi connectivity index (χ2n) is 13.4. The third kappa shape index (κ3) is 52.5. The van der Waals surface area contributed by atoms with Crippen LogP contribution in [0.5, 0.6) is 0 Å². The number of rotatable bonds is 15. The lowest BCUT2D eigenvalue weighted by atomic mass is 10.3. The van der Waals surface area contributed by atoms with Gasteiger partial charge in [-0.15, -0.1) is 0 Å². The second-order valence-corrected chi connectivity index (χ2v) is 13.9. The van der Waals surface area contributed by atoms with Gasteiger partial charge in [0.1, 0.15) is 0 Å². The molecule has 0 atom stereocenters. The van der Waals surface area contributed by atoms with Crippen molar-refractivity contribution in [2.75, 3.05) is 103 Å². The number of nitrogens with zero attached hydrogens (tertiary/aromatic N) is 3. The Hall–Kier alpha value is -2.18. The van der Waals surface area contributed by atoms with Crippen LogP contribution < -0.4 is 38.1 Å². The van der Waals surface area contributed by atoms with Crippen LogP contribution in [0.3, 0.4) is 0 Å². The highest BCUT2D eigenvalue weighted by molar-refractivity contribution is 7.27. The predicted molar refractivity (Wildman–Crippen MR) is 174 cm³/mol. The minimum atomic E-state index is -3.37. The molecule has 0 aliphatic carbocycles. The average molecular weight is 670 g/mol. The highest BCUT2D eigenvalue weighted by atomic mass is 35.5. The average Bonchev–Trinajstić information content (AvgIpc) is 2.80. The van der Waals surface area contributed by atoms with E-state index >= 15 is 0 Å². The van der Waals surface area contributed by atoms with Crippen molar-refractivity contribution in [2.24, 2.45) is 0 Å². The Kier molecular flexibility index (Phi) is 31.7. The van der Waals surface area contributed by atoms with Crippen molar-refractivity contribution in [2.45, 2.75) is 40.0 Å². The minimum Gasteiger partial charge on any atom is -1.00 e. The van der Waals surface area contributed by atoms with Crippen molar-refractivity contribution in [3.05, 3.63) is 36.5 Å². The number of halogens is 1. The van der Waals surface area contributed by atoms with Crippen LogP contribution in [0, 0.1) is 0 Å². The van der Waals surface area contributed by atoms with E-state index in [1.165, 1.54) is 0 Å². The molecule has 0 radical (unpaired) electrons. The van der Waals surface area contributed by atoms with E-state index in [9.17, 15) is 14.4 Å². The topological polar surface area (TPSA) is 150 Å². The smallest absolute Gasteiger partial charge is 0.276 e. The molecule has 3 N–H and O–H groups in total. The summed E-state index contributed by atoms with van der Waals surface area (Å²) in [5.74, 6) is -0.121. The maximum Gasteiger partial charge on any atom is 0.276 e. The standard InChI is InChI=1S/3C10H20N2O.ClH.HO3P/c3*1-9(2)10(13)11-7-6-8-12(3,4)5;;1-4(2)3/h3*1,6-8H2,2-5H3;1H;(H,1,2,3)/p+1. The van der Waals surface area contributed by atoms with Crippen LogP contribution in [0.25, 0.3) is 0 Å². The summed E-state index contributed by atoms with van der Waals surface area (Å²) in [7, 11) is 15.9. The van der Waals surface area contributed by atoms with Crippen LogP contribution >= 0.6 is 8.25 Å². The summed E-state index contributed by atoms with van der Waals surface area (Å²) in [5.41, 5.74) is 1.72. The van der Waals surface area contributed by atoms with Crippen LogP contribution in [0.15, 0.2) is 36.5 Å². The number of carbonyl (C=O) groups is 3. The first-order valence-electron chi connectivity index (χ1n) is 14.3. The normalized spacial score (nSPS) is 10.4. The number of hydrogen-bond donors (Lipinski definition) is 3. The van der Waals surface area contributed by atoms with Gasteiger partial charge in [0.25, 0.3) is 8.25 Å². The molecule has 0 aromatic heterocycles. The zero-order valence-corrected chi connectivity index (χ0v) is 31.3. The third-order valence-corrected chi connectivity index (χ3v) is 5.04. The van der Waals surface area contributed by atoms with Crippen molar-refractivity contribution in [3.8, 4) is 0 Å². The van der Waals surface area contributed by atoms with Gasteiger partial charge in [-0.3, -0.25) is 14.4 Å². The van der Waals surface area contributed by atoms with Crippen molar-refractivity contribution >= 4 is 26.0 Å². The molecule has 0 bridgehead atoms. The fraction of sp³-hybridized carbons (Fsp3) is 0.700. The molecule has 0 saturated heterocycles. The lowest BCUT2D eigenvalue weighted by Gasteiger charge is -2.23. The summed E-state index contributed by atoms with van der Waals surface area (Å²) in [6.07, 6.45) is 3.01. The van der Waals surface area contributed by atoms with Crippen molar-refractivity contribution in [1.29, 1.82) is 0 Å². The Morgan fingerprint density at radius 1 is 0.545 bits per heavy atom. The van der Waals surface area contributed by atoms with Crippen LogP contribution in [0.1, 0.15) is 40.0 Å². The number of nitrogens with one attached hydrogen (secondary N) is 3. The summed E-state index contributed by atoms with van der Waals surface area (Å²) in [4.78, 5) is 50.1. The number of carbonyl (C=O) groups excluding carboxylic acids is 3. The molecule has 0 heterocycles. The van der Waals surface area contributed by atoms with E-state index in [0.29, 0.717) is 16.7 Å². The zero-order valence-electron chi connectivity index (χ0n) is 29.6. The van der Waals surface area contributed by atoms with Gasteiger partial charge in [0.15, 0.2) is 0 Å². The summed E-state index contributed by atoms with van der Waals surface area (Å²) in [6.45, 7) is 21.3. The first kappa shape index (κ1) is 51.4. The van der Waals surface area contributed by atoms with Crippen molar-refractivity contribution < 1.29 is 54.6 Å². The molecular formula is C30H63ClN6O6P+. The summed E-state index contributed by atoms with van der Waals surface area (Å²) in [6, 6.07) is 0. The van der Waals surface area contributed by atoms with Gasteiger partial charge in [0, 0.05) is 55.6 Å². The minimum absolute atomic E-state index is 0. The van der Waals surface area contributed by atoms with E-state index in [1.807, 2.05) is 0 Å². The lowest BCUT2D eigenvalue weighted by molar-refractivity contribution is -0.870. The molecule has 44 heavy (non-hydrogen) atoms. The Morgan fingerprint density at radius 3 is 0.818 bits per heavy atom. The molecule has 0 unspecified atom stereocenters. The molecule has 12 nitrogen and oxygen atoms in total. The lowest BCUT2D eigenvalue weighted by Crippen LogP contribution is -3.00. The summed E-state index contributed by atoms with van der Waals surface area (Å²) >= 11 is 0. The second kappa shape index (κ2) is 27.2. The van der Waals surface area contributed by atoms with Crippen LogP contribution in [-0.4, -0.2) is 134 Å². The number of amides is 3. The van der Waals surface area contributed by atoms with E-state index in [-0.39, 0.29) is 30.1 Å². The van der Waals surface area contributed by atoms with Gasteiger partial charge in [0.2, 0.25) is 17.7 Å². The maximum absolute atomic E-state index is 11.1. The van der Waals surface area contributed by atoms with E-state index in [0.717, 1.165) is 72.0 Å². The Morgan fingerprint density at radius 2 is 0.705 bits per heavy atom. The summed E-state index contributed by atoms with van der Waals surface area (Å²) in [5, 5.41) is 8.42. The van der Waals surface area contributed by atoms with Gasteiger partial charge < -0.3 is 51.6 Å². The van der Waals surface area contributed by atoms with Gasteiger partial charge in [0.05, 0.1) is 83.1 Å². The van der Waals surface area contributed by atoms with E-state index < -0.39 is 8.25 Å². The van der Waals surface area contributed by atoms with Crippen LogP contribution in [0.4, 0.5) is 0 Å². The molecular weight excluding hydrogens is 607 g/mol. The van der Waals surface area contributed by atoms with Crippen molar-refractivity contribution in [3.63, 3.8) is 0 Å². The molecule has 0 saturated carbocycles. The zero-order chi connectivity index (χ0) is 35.0. The van der Waals surface area contributed by atoms with E-state index in [2.05, 4.69) is 99.1 Å². The molecule has 3 amide bonds. The van der Waals surface area contributed by atoms with Gasteiger partial charge in [-0.05, 0) is 20.8 Å². The van der Waals surface area contributed by atoms with Gasteiger partial charge in [-0.25, -0.2) is 0 Å². The Labute approximate surface area is 275 Å². The molecule has 260 valence electrons. The number of hydrogen-bond acceptors (Lipinski definition) is 6.